The Kier molecular flexibility index (Phi) is 11.1. The normalized spacial score (nSPS) is 14.6. The lowest BCUT2D eigenvalue weighted by molar-refractivity contribution is -0.286. The molecule has 1 fully saturated rings. The van der Waals surface area contributed by atoms with Crippen LogP contribution in [0.1, 0.15) is 97.5 Å². The lowest BCUT2D eigenvalue weighted by Gasteiger charge is -2.28. The molecule has 5 aromatic carbocycles. The molecule has 3 heterocycles. The zero-order valence-corrected chi connectivity index (χ0v) is 36.6. The van der Waals surface area contributed by atoms with E-state index in [1.807, 2.05) is 84.0 Å². The van der Waals surface area contributed by atoms with Gasteiger partial charge in [-0.15, -0.1) is 8.78 Å². The number of ether oxygens (including phenoxy) is 2. The van der Waals surface area contributed by atoms with Crippen LogP contribution in [-0.4, -0.2) is 44.1 Å². The standard InChI is InChI=1S/C28H19F2NO5.C24H28N2O3/c29-28(30)35-22-10-9-19(14-23(22)36-28)27(11-12-27)24(32)15-20-13-18-3-1-2-4-21(18)25(31-20)16-5-7-17(8-6-16)26(33)34;1-23(2,3)16-11-17(24(4,5)6)20(27)12-19(16)26-22(29)15-13-25-18-10-8-7-9-14(18)21(15)28/h1-10,13-14H,11-12,15H2,(H,33,34);7-13,27H,1-6H3,(H,25,28)(H,26,29). The van der Waals surface area contributed by atoms with Crippen molar-refractivity contribution in [2.75, 3.05) is 5.32 Å². The van der Waals surface area contributed by atoms with Crippen molar-refractivity contribution in [3.05, 3.63) is 159 Å². The number of ketones is 1. The molecule has 7 aromatic rings. The van der Waals surface area contributed by atoms with Gasteiger partial charge in [0.1, 0.15) is 17.1 Å². The van der Waals surface area contributed by atoms with Gasteiger partial charge in [-0.1, -0.05) is 96.1 Å². The van der Waals surface area contributed by atoms with Crippen molar-refractivity contribution in [1.82, 2.24) is 9.97 Å². The first-order chi connectivity index (χ1) is 30.6. The number of nitrogens with one attached hydrogen (secondary N) is 2. The average Bonchev–Trinajstić information content (AvgIpc) is 4.00. The Labute approximate surface area is 373 Å². The van der Waals surface area contributed by atoms with E-state index in [-0.39, 0.29) is 56.8 Å². The van der Waals surface area contributed by atoms with E-state index in [2.05, 4.69) is 19.8 Å². The lowest BCUT2D eigenvalue weighted by Crippen LogP contribution is -2.26. The SMILES string of the molecule is CC(C)(C)c1cc(C(C)(C)C)c(NC(=O)c2c[nH]c3ccccc3c2=O)cc1O.O=C(O)c1ccc(-c2nc(CC(=O)C3(c4ccc5c(c4)OC(F)(F)O5)CC3)cc3ccccc23)cc1. The number of phenolic OH excluding ortho intramolecular Hbond substituents is 1. The fourth-order valence-electron chi connectivity index (χ4n) is 8.21. The minimum atomic E-state index is -3.71. The van der Waals surface area contributed by atoms with Crippen LogP contribution >= 0.6 is 0 Å². The maximum atomic E-state index is 13.5. The van der Waals surface area contributed by atoms with E-state index in [9.17, 15) is 38.2 Å². The molecule has 1 aliphatic heterocycles. The molecular formula is C52H47F2N3O8. The van der Waals surface area contributed by atoms with Crippen LogP contribution in [0.2, 0.25) is 0 Å². The number of phenols is 1. The molecule has 0 bridgehead atoms. The van der Waals surface area contributed by atoms with Crippen molar-refractivity contribution >= 4 is 45.0 Å². The summed E-state index contributed by atoms with van der Waals surface area (Å²) in [5.74, 6) is -1.59. The Morgan fingerprint density at radius 3 is 2.09 bits per heavy atom. The van der Waals surface area contributed by atoms with Crippen molar-refractivity contribution < 1.29 is 42.9 Å². The number of hydrogen-bond donors (Lipinski definition) is 4. The van der Waals surface area contributed by atoms with Gasteiger partial charge in [0.05, 0.1) is 16.7 Å². The number of carbonyl (C=O) groups is 3. The van der Waals surface area contributed by atoms with Crippen molar-refractivity contribution in [3.8, 4) is 28.5 Å². The molecule has 4 N–H and O–H groups in total. The number of halogens is 2. The number of Topliss-reactive ketones (excluding diaryl/α,β-unsaturated/α-hetero) is 1. The van der Waals surface area contributed by atoms with Gasteiger partial charge >= 0.3 is 12.3 Å². The number of para-hydroxylation sites is 1. The van der Waals surface area contributed by atoms with E-state index >= 15 is 0 Å². The van der Waals surface area contributed by atoms with Crippen LogP contribution in [0, 0.1) is 0 Å². The molecule has 65 heavy (non-hydrogen) atoms. The topological polar surface area (TPSA) is 168 Å². The van der Waals surface area contributed by atoms with E-state index in [0.717, 1.165) is 27.5 Å². The number of fused-ring (bicyclic) bond motifs is 3. The Morgan fingerprint density at radius 2 is 1.43 bits per heavy atom. The summed E-state index contributed by atoms with van der Waals surface area (Å²) in [6.07, 6.45) is -0.997. The number of alkyl halides is 2. The Bertz CT molecular complexity index is 3110. The van der Waals surface area contributed by atoms with E-state index < -0.39 is 23.6 Å². The van der Waals surface area contributed by atoms with Crippen LogP contribution in [0.3, 0.4) is 0 Å². The molecule has 0 unspecified atom stereocenters. The Hall–Kier alpha value is -7.41. The van der Waals surface area contributed by atoms with Gasteiger partial charge in [-0.2, -0.15) is 0 Å². The quantitative estimate of drug-likeness (QED) is 0.116. The number of H-pyrrole nitrogens is 1. The van der Waals surface area contributed by atoms with Crippen LogP contribution in [-0.2, 0) is 27.5 Å². The minimum Gasteiger partial charge on any atom is -0.508 e. The molecule has 11 nitrogen and oxygen atoms in total. The number of pyridine rings is 2. The van der Waals surface area contributed by atoms with Crippen LogP contribution in [0.4, 0.5) is 14.5 Å². The summed E-state index contributed by atoms with van der Waals surface area (Å²) in [4.78, 5) is 58.2. The summed E-state index contributed by atoms with van der Waals surface area (Å²) in [5.41, 5.74) is 4.06. The number of carboxylic acids is 1. The first-order valence-corrected chi connectivity index (χ1v) is 21.1. The smallest absolute Gasteiger partial charge is 0.508 e. The van der Waals surface area contributed by atoms with Crippen LogP contribution in [0.15, 0.2) is 120 Å². The maximum absolute atomic E-state index is 13.5. The number of nitrogens with zero attached hydrogens (tertiary/aromatic N) is 1. The highest BCUT2D eigenvalue weighted by Crippen LogP contribution is 2.53. The first-order valence-electron chi connectivity index (χ1n) is 21.1. The van der Waals surface area contributed by atoms with Crippen molar-refractivity contribution in [2.45, 2.75) is 83.3 Å². The van der Waals surface area contributed by atoms with E-state index in [0.29, 0.717) is 46.4 Å². The molecular weight excluding hydrogens is 833 g/mol. The largest absolute Gasteiger partial charge is 0.586 e. The van der Waals surface area contributed by atoms with Gasteiger partial charge in [0.2, 0.25) is 5.43 Å². The van der Waals surface area contributed by atoms with Crippen molar-refractivity contribution in [3.63, 3.8) is 0 Å². The third-order valence-electron chi connectivity index (χ3n) is 11.8. The van der Waals surface area contributed by atoms with Gasteiger partial charge in [-0.25, -0.2) is 4.79 Å². The highest BCUT2D eigenvalue weighted by Gasteiger charge is 2.52. The number of amides is 1. The second-order valence-corrected chi connectivity index (χ2v) is 18.5. The molecule has 2 aliphatic rings. The van der Waals surface area contributed by atoms with E-state index in [1.54, 1.807) is 42.5 Å². The molecule has 0 radical (unpaired) electrons. The van der Waals surface area contributed by atoms with Gasteiger partial charge in [0.25, 0.3) is 5.91 Å². The highest BCUT2D eigenvalue weighted by atomic mass is 19.3. The minimum absolute atomic E-state index is 0.0305. The molecule has 9 rings (SSSR count). The first kappa shape index (κ1) is 44.2. The van der Waals surface area contributed by atoms with Gasteiger partial charge < -0.3 is 30.0 Å². The molecule has 1 aliphatic carbocycles. The number of aromatic amines is 1. The summed E-state index contributed by atoms with van der Waals surface area (Å²) in [6.45, 7) is 12.2. The number of anilines is 1. The van der Waals surface area contributed by atoms with Crippen LogP contribution < -0.4 is 20.2 Å². The molecule has 332 valence electrons. The molecule has 1 saturated carbocycles. The summed E-state index contributed by atoms with van der Waals surface area (Å²) in [5, 5.41) is 24.9. The van der Waals surface area contributed by atoms with Gasteiger partial charge in [-0.05, 0) is 94.3 Å². The van der Waals surface area contributed by atoms with Gasteiger partial charge in [0.15, 0.2) is 11.5 Å². The summed E-state index contributed by atoms with van der Waals surface area (Å²) >= 11 is 0. The number of aromatic hydroxyl groups is 1. The summed E-state index contributed by atoms with van der Waals surface area (Å²) in [7, 11) is 0. The number of benzene rings is 5. The Balaban J connectivity index is 0.000000182. The molecule has 0 spiro atoms. The van der Waals surface area contributed by atoms with Crippen molar-refractivity contribution in [2.24, 2.45) is 0 Å². The third kappa shape index (κ3) is 8.91. The molecule has 0 saturated heterocycles. The summed E-state index contributed by atoms with van der Waals surface area (Å²) in [6, 6.07) is 31.1. The number of rotatable bonds is 8. The van der Waals surface area contributed by atoms with Crippen molar-refractivity contribution in [1.29, 1.82) is 0 Å². The number of aromatic nitrogens is 2. The molecule has 2 aromatic heterocycles. The monoisotopic (exact) mass is 879 g/mol. The highest BCUT2D eigenvalue weighted by molar-refractivity contribution is 6.06. The molecule has 13 heteroatoms. The van der Waals surface area contributed by atoms with E-state index in [1.165, 1.54) is 30.5 Å². The number of aromatic carboxylic acids is 1. The predicted molar refractivity (Wildman–Crippen MR) is 244 cm³/mol. The van der Waals surface area contributed by atoms with Crippen LogP contribution in [0.25, 0.3) is 32.9 Å². The number of carbonyl (C=O) groups excluding carboxylic acids is 2. The van der Waals surface area contributed by atoms with Gasteiger partial charge in [0, 0.05) is 51.9 Å². The zero-order valence-electron chi connectivity index (χ0n) is 36.6. The lowest BCUT2D eigenvalue weighted by atomic mass is 9.79. The number of hydrogen-bond acceptors (Lipinski definition) is 8. The average molecular weight is 880 g/mol. The summed E-state index contributed by atoms with van der Waals surface area (Å²) < 4.78 is 35.9. The fourth-order valence-corrected chi connectivity index (χ4v) is 8.21. The predicted octanol–water partition coefficient (Wildman–Crippen LogP) is 10.8. The maximum Gasteiger partial charge on any atom is 0.586 e. The number of carboxylic acid groups (broad SMARTS) is 1. The van der Waals surface area contributed by atoms with Crippen LogP contribution in [0.5, 0.6) is 17.2 Å². The second kappa shape index (κ2) is 16.3. The van der Waals surface area contributed by atoms with Gasteiger partial charge in [-0.3, -0.25) is 19.4 Å². The molecule has 1 amide bonds. The third-order valence-corrected chi connectivity index (χ3v) is 11.8. The van der Waals surface area contributed by atoms with E-state index in [4.69, 9.17) is 4.98 Å². The zero-order chi connectivity index (χ0) is 46.6. The second-order valence-electron chi connectivity index (χ2n) is 18.5. The Morgan fingerprint density at radius 1 is 0.785 bits per heavy atom. The molecule has 0 atom stereocenters. The fraction of sp³-hybridized carbons (Fsp3) is 0.250.